The maximum atomic E-state index is 13.3. The fourth-order valence-electron chi connectivity index (χ4n) is 3.45. The Balaban J connectivity index is 1.57. The van der Waals surface area contributed by atoms with Gasteiger partial charge in [0.2, 0.25) is 0 Å². The van der Waals surface area contributed by atoms with Crippen LogP contribution in [0.5, 0.6) is 0 Å². The van der Waals surface area contributed by atoms with Gasteiger partial charge in [0.1, 0.15) is 5.82 Å². The molecule has 2 amide bonds. The van der Waals surface area contributed by atoms with Gasteiger partial charge in [-0.2, -0.15) is 0 Å². The zero-order valence-electron chi connectivity index (χ0n) is 17.8. The first-order valence-electron chi connectivity index (χ1n) is 10.4. The summed E-state index contributed by atoms with van der Waals surface area (Å²) in [5, 5.41) is 3.62. The van der Waals surface area contributed by atoms with Crippen molar-refractivity contribution in [2.75, 3.05) is 11.9 Å². The van der Waals surface area contributed by atoms with Crippen LogP contribution in [0, 0.1) is 0 Å². The lowest BCUT2D eigenvalue weighted by Crippen LogP contribution is -2.33. The molecule has 4 aromatic rings. The van der Waals surface area contributed by atoms with Crippen LogP contribution in [0.2, 0.25) is 5.02 Å². The van der Waals surface area contributed by atoms with Gasteiger partial charge in [0.25, 0.3) is 17.4 Å². The second-order valence-electron chi connectivity index (χ2n) is 7.41. The molecular formula is C24H21ClN4O4. The van der Waals surface area contributed by atoms with Gasteiger partial charge in [-0.05, 0) is 55.0 Å². The number of nitrogens with one attached hydrogen (secondary N) is 2. The summed E-state index contributed by atoms with van der Waals surface area (Å²) in [6, 6.07) is 14.7. The van der Waals surface area contributed by atoms with Crippen LogP contribution >= 0.6 is 11.6 Å². The summed E-state index contributed by atoms with van der Waals surface area (Å²) < 4.78 is 5.10. The third-order valence-electron chi connectivity index (χ3n) is 4.95. The van der Waals surface area contributed by atoms with Crippen molar-refractivity contribution in [3.63, 3.8) is 0 Å². The number of furan rings is 1. The van der Waals surface area contributed by atoms with Crippen molar-refractivity contribution in [2.24, 2.45) is 0 Å². The summed E-state index contributed by atoms with van der Waals surface area (Å²) in [5.41, 5.74) is 1.03. The number of rotatable bonds is 7. The predicted octanol–water partition coefficient (Wildman–Crippen LogP) is 4.47. The van der Waals surface area contributed by atoms with Crippen LogP contribution in [0.25, 0.3) is 10.9 Å². The SMILES string of the molecule is CCCN(Cc1nc2cc(Cl)ccc2c(=O)[nH]1)C(=O)c1cccc(NC(=O)c2ccco2)c1. The second kappa shape index (κ2) is 9.70. The number of benzene rings is 2. The number of nitrogens with zero attached hydrogens (tertiary/aromatic N) is 2. The molecule has 2 N–H and O–H groups in total. The van der Waals surface area contributed by atoms with Crippen molar-refractivity contribution in [3.8, 4) is 0 Å². The van der Waals surface area contributed by atoms with E-state index in [1.807, 2.05) is 6.92 Å². The lowest BCUT2D eigenvalue weighted by molar-refractivity contribution is 0.0738. The molecule has 33 heavy (non-hydrogen) atoms. The molecule has 0 unspecified atom stereocenters. The highest BCUT2D eigenvalue weighted by Gasteiger charge is 2.18. The number of fused-ring (bicyclic) bond motifs is 1. The van der Waals surface area contributed by atoms with E-state index in [1.54, 1.807) is 59.5 Å². The fourth-order valence-corrected chi connectivity index (χ4v) is 3.62. The molecule has 0 spiro atoms. The molecule has 0 saturated heterocycles. The zero-order chi connectivity index (χ0) is 23.4. The first-order chi connectivity index (χ1) is 15.9. The van der Waals surface area contributed by atoms with E-state index in [2.05, 4.69) is 15.3 Å². The summed E-state index contributed by atoms with van der Waals surface area (Å²) in [7, 11) is 0. The number of halogens is 1. The monoisotopic (exact) mass is 464 g/mol. The molecular weight excluding hydrogens is 444 g/mol. The maximum Gasteiger partial charge on any atom is 0.291 e. The first-order valence-corrected chi connectivity index (χ1v) is 10.7. The van der Waals surface area contributed by atoms with Gasteiger partial charge in [-0.3, -0.25) is 14.4 Å². The maximum absolute atomic E-state index is 13.3. The van der Waals surface area contributed by atoms with Gasteiger partial charge in [0.05, 0.1) is 23.7 Å². The highest BCUT2D eigenvalue weighted by molar-refractivity contribution is 6.31. The van der Waals surface area contributed by atoms with E-state index >= 15 is 0 Å². The summed E-state index contributed by atoms with van der Waals surface area (Å²) >= 11 is 6.04. The standard InChI is InChI=1S/C24H21ClN4O4/c1-2-10-29(14-21-27-19-13-16(25)8-9-18(19)22(30)28-21)24(32)15-5-3-6-17(12-15)26-23(31)20-7-4-11-33-20/h3-9,11-13H,2,10,14H2,1H3,(H,26,31)(H,27,28,30). The molecule has 2 heterocycles. The van der Waals surface area contributed by atoms with E-state index in [0.717, 1.165) is 0 Å². The molecule has 0 atom stereocenters. The Morgan fingerprint density at radius 2 is 2.00 bits per heavy atom. The first kappa shape index (κ1) is 22.3. The average molecular weight is 465 g/mol. The van der Waals surface area contributed by atoms with Gasteiger partial charge >= 0.3 is 0 Å². The highest BCUT2D eigenvalue weighted by atomic mass is 35.5. The topological polar surface area (TPSA) is 108 Å². The van der Waals surface area contributed by atoms with Crippen LogP contribution in [-0.2, 0) is 6.54 Å². The number of amides is 2. The number of hydrogen-bond acceptors (Lipinski definition) is 5. The van der Waals surface area contributed by atoms with Crippen LogP contribution in [0.4, 0.5) is 5.69 Å². The Kier molecular flexibility index (Phi) is 6.55. The summed E-state index contributed by atoms with van der Waals surface area (Å²) in [5.74, 6) is -0.129. The van der Waals surface area contributed by atoms with E-state index in [1.165, 1.54) is 6.26 Å². The molecule has 0 bridgehead atoms. The smallest absolute Gasteiger partial charge is 0.291 e. The molecule has 0 aliphatic carbocycles. The zero-order valence-corrected chi connectivity index (χ0v) is 18.6. The normalized spacial score (nSPS) is 10.8. The van der Waals surface area contributed by atoms with Crippen LogP contribution in [0.3, 0.4) is 0 Å². The van der Waals surface area contributed by atoms with E-state index in [4.69, 9.17) is 16.0 Å². The van der Waals surface area contributed by atoms with Crippen molar-refractivity contribution in [3.05, 3.63) is 93.4 Å². The molecule has 0 radical (unpaired) electrons. The minimum atomic E-state index is -0.411. The number of hydrogen-bond donors (Lipinski definition) is 2. The van der Waals surface area contributed by atoms with Gasteiger partial charge in [0, 0.05) is 22.8 Å². The van der Waals surface area contributed by atoms with Crippen LogP contribution in [-0.4, -0.2) is 33.2 Å². The quantitative estimate of drug-likeness (QED) is 0.419. The summed E-state index contributed by atoms with van der Waals surface area (Å²) in [4.78, 5) is 46.8. The predicted molar refractivity (Wildman–Crippen MR) is 126 cm³/mol. The molecule has 2 aromatic heterocycles. The van der Waals surface area contributed by atoms with Gasteiger partial charge < -0.3 is 19.6 Å². The van der Waals surface area contributed by atoms with E-state index in [-0.39, 0.29) is 23.8 Å². The van der Waals surface area contributed by atoms with Crippen molar-refractivity contribution >= 4 is 40.0 Å². The van der Waals surface area contributed by atoms with Gasteiger partial charge in [-0.1, -0.05) is 24.6 Å². The van der Waals surface area contributed by atoms with Crippen molar-refractivity contribution in [1.29, 1.82) is 0 Å². The number of anilines is 1. The average Bonchev–Trinajstić information content (AvgIpc) is 3.33. The van der Waals surface area contributed by atoms with Crippen molar-refractivity contribution in [1.82, 2.24) is 14.9 Å². The third kappa shape index (κ3) is 5.12. The molecule has 0 fully saturated rings. The lowest BCUT2D eigenvalue weighted by atomic mass is 10.1. The summed E-state index contributed by atoms with van der Waals surface area (Å²) in [6.07, 6.45) is 2.13. The number of carbonyl (C=O) groups is 2. The Hall–Kier alpha value is -3.91. The molecule has 8 nitrogen and oxygen atoms in total. The molecule has 0 aliphatic heterocycles. The van der Waals surface area contributed by atoms with Crippen LogP contribution in [0.15, 0.2) is 70.1 Å². The number of H-pyrrole nitrogens is 1. The van der Waals surface area contributed by atoms with E-state index in [0.29, 0.717) is 46.0 Å². The number of carbonyl (C=O) groups excluding carboxylic acids is 2. The van der Waals surface area contributed by atoms with Crippen molar-refractivity contribution < 1.29 is 14.0 Å². The Bertz CT molecular complexity index is 1360. The molecule has 0 saturated carbocycles. The number of aromatic amines is 1. The Labute approximate surface area is 194 Å². The minimum Gasteiger partial charge on any atom is -0.459 e. The van der Waals surface area contributed by atoms with Gasteiger partial charge in [0.15, 0.2) is 5.76 Å². The Morgan fingerprint density at radius 1 is 1.15 bits per heavy atom. The van der Waals surface area contributed by atoms with Crippen LogP contribution < -0.4 is 10.9 Å². The van der Waals surface area contributed by atoms with Crippen LogP contribution in [0.1, 0.15) is 40.1 Å². The van der Waals surface area contributed by atoms with Gasteiger partial charge in [-0.15, -0.1) is 0 Å². The number of aromatic nitrogens is 2. The molecule has 2 aromatic carbocycles. The largest absolute Gasteiger partial charge is 0.459 e. The molecule has 9 heteroatoms. The molecule has 0 aliphatic rings. The van der Waals surface area contributed by atoms with Gasteiger partial charge in [-0.25, -0.2) is 4.98 Å². The van der Waals surface area contributed by atoms with Crippen molar-refractivity contribution in [2.45, 2.75) is 19.9 Å². The molecule has 168 valence electrons. The third-order valence-corrected chi connectivity index (χ3v) is 5.19. The summed E-state index contributed by atoms with van der Waals surface area (Å²) in [6.45, 7) is 2.53. The Morgan fingerprint density at radius 3 is 2.76 bits per heavy atom. The highest BCUT2D eigenvalue weighted by Crippen LogP contribution is 2.17. The van der Waals surface area contributed by atoms with E-state index in [9.17, 15) is 14.4 Å². The molecule has 4 rings (SSSR count). The fraction of sp³-hybridized carbons (Fsp3) is 0.167. The minimum absolute atomic E-state index is 0.118. The lowest BCUT2D eigenvalue weighted by Gasteiger charge is -2.22. The van der Waals surface area contributed by atoms with E-state index < -0.39 is 5.91 Å². The second-order valence-corrected chi connectivity index (χ2v) is 7.85.